The van der Waals surface area contributed by atoms with Crippen molar-refractivity contribution in [1.29, 1.82) is 0 Å². The molecule has 0 saturated heterocycles. The normalized spacial score (nSPS) is 12.9. The van der Waals surface area contributed by atoms with Crippen LogP contribution in [0.5, 0.6) is 0 Å². The van der Waals surface area contributed by atoms with Gasteiger partial charge in [-0.25, -0.2) is 4.79 Å². The molecular weight excluding hydrogens is 202 g/mol. The SMILES string of the molecule is O=C(O)/C=C/NCC(O)c1ccsc1. The quantitative estimate of drug-likeness (QED) is 0.637. The van der Waals surface area contributed by atoms with Gasteiger partial charge in [0.2, 0.25) is 0 Å². The van der Waals surface area contributed by atoms with Crippen molar-refractivity contribution in [1.82, 2.24) is 5.32 Å². The van der Waals surface area contributed by atoms with Gasteiger partial charge in [-0.15, -0.1) is 0 Å². The summed E-state index contributed by atoms with van der Waals surface area (Å²) in [6.07, 6.45) is 1.69. The van der Waals surface area contributed by atoms with E-state index in [0.717, 1.165) is 11.6 Å². The zero-order valence-corrected chi connectivity index (χ0v) is 8.20. The van der Waals surface area contributed by atoms with Gasteiger partial charge in [-0.3, -0.25) is 0 Å². The van der Waals surface area contributed by atoms with E-state index in [2.05, 4.69) is 5.32 Å². The van der Waals surface area contributed by atoms with E-state index >= 15 is 0 Å². The van der Waals surface area contributed by atoms with Crippen molar-refractivity contribution < 1.29 is 15.0 Å². The maximum absolute atomic E-state index is 10.1. The van der Waals surface area contributed by atoms with Gasteiger partial charge in [0, 0.05) is 18.8 Å². The second kappa shape index (κ2) is 5.41. The molecule has 3 N–H and O–H groups in total. The number of hydrogen-bond donors (Lipinski definition) is 3. The van der Waals surface area contributed by atoms with Crippen LogP contribution < -0.4 is 5.32 Å². The summed E-state index contributed by atoms with van der Waals surface area (Å²) >= 11 is 1.51. The summed E-state index contributed by atoms with van der Waals surface area (Å²) < 4.78 is 0. The van der Waals surface area contributed by atoms with Gasteiger partial charge >= 0.3 is 5.97 Å². The van der Waals surface area contributed by atoms with Gasteiger partial charge < -0.3 is 15.5 Å². The third-order valence-corrected chi connectivity index (χ3v) is 2.28. The van der Waals surface area contributed by atoms with Gasteiger partial charge in [0.15, 0.2) is 0 Å². The van der Waals surface area contributed by atoms with Crippen LogP contribution in [0.2, 0.25) is 0 Å². The van der Waals surface area contributed by atoms with Crippen LogP contribution in [-0.2, 0) is 4.79 Å². The Kier molecular flexibility index (Phi) is 4.15. The second-order valence-electron chi connectivity index (χ2n) is 2.65. The van der Waals surface area contributed by atoms with Crippen LogP contribution in [0.1, 0.15) is 11.7 Å². The van der Waals surface area contributed by atoms with E-state index in [-0.39, 0.29) is 0 Å². The Morgan fingerprint density at radius 2 is 2.50 bits per heavy atom. The first kappa shape index (κ1) is 10.7. The maximum atomic E-state index is 10.1. The Labute approximate surface area is 85.5 Å². The Morgan fingerprint density at radius 1 is 1.71 bits per heavy atom. The highest BCUT2D eigenvalue weighted by Gasteiger charge is 2.05. The van der Waals surface area contributed by atoms with Gasteiger partial charge in [0.25, 0.3) is 0 Å². The molecule has 0 bridgehead atoms. The standard InChI is InChI=1S/C9H11NO3S/c11-8(7-2-4-14-6-7)5-10-3-1-9(12)13/h1-4,6,8,10-11H,5H2,(H,12,13)/b3-1+. The van der Waals surface area contributed by atoms with E-state index in [0.29, 0.717) is 6.54 Å². The predicted molar refractivity (Wildman–Crippen MR) is 54.1 cm³/mol. The zero-order chi connectivity index (χ0) is 10.4. The van der Waals surface area contributed by atoms with E-state index < -0.39 is 12.1 Å². The van der Waals surface area contributed by atoms with Gasteiger partial charge in [0.1, 0.15) is 0 Å². The minimum absolute atomic E-state index is 0.306. The van der Waals surface area contributed by atoms with Crippen molar-refractivity contribution in [2.45, 2.75) is 6.10 Å². The summed E-state index contributed by atoms with van der Waals surface area (Å²) in [6, 6.07) is 1.83. The first-order valence-corrected chi connectivity index (χ1v) is 4.97. The van der Waals surface area contributed by atoms with E-state index in [1.54, 1.807) is 0 Å². The van der Waals surface area contributed by atoms with Crippen LogP contribution >= 0.6 is 11.3 Å². The molecule has 0 amide bonds. The lowest BCUT2D eigenvalue weighted by atomic mass is 10.2. The van der Waals surface area contributed by atoms with Crippen molar-refractivity contribution in [2.24, 2.45) is 0 Å². The van der Waals surface area contributed by atoms with Crippen molar-refractivity contribution in [2.75, 3.05) is 6.54 Å². The van der Waals surface area contributed by atoms with Crippen LogP contribution in [0.15, 0.2) is 29.1 Å². The Bertz CT molecular complexity index is 308. The third-order valence-electron chi connectivity index (χ3n) is 1.58. The van der Waals surface area contributed by atoms with Gasteiger partial charge in [0.05, 0.1) is 6.10 Å². The molecule has 1 unspecified atom stereocenters. The lowest BCUT2D eigenvalue weighted by Gasteiger charge is -2.07. The van der Waals surface area contributed by atoms with Crippen molar-refractivity contribution in [3.8, 4) is 0 Å². The van der Waals surface area contributed by atoms with Gasteiger partial charge in [-0.05, 0) is 22.4 Å². The Hall–Kier alpha value is -1.33. The minimum atomic E-state index is -1.01. The summed E-state index contributed by atoms with van der Waals surface area (Å²) in [7, 11) is 0. The highest BCUT2D eigenvalue weighted by molar-refractivity contribution is 7.07. The average Bonchev–Trinajstić information content (AvgIpc) is 2.64. The Morgan fingerprint density at radius 3 is 3.07 bits per heavy atom. The first-order valence-electron chi connectivity index (χ1n) is 4.03. The molecule has 1 aromatic heterocycles. The molecule has 0 aliphatic rings. The monoisotopic (exact) mass is 213 g/mol. The van der Waals surface area contributed by atoms with Crippen LogP contribution in [0, 0.1) is 0 Å². The van der Waals surface area contributed by atoms with E-state index in [1.807, 2.05) is 16.8 Å². The molecule has 1 atom stereocenters. The number of aliphatic hydroxyl groups is 1. The lowest BCUT2D eigenvalue weighted by Crippen LogP contribution is -2.15. The first-order chi connectivity index (χ1) is 6.70. The topological polar surface area (TPSA) is 69.6 Å². The molecule has 0 fully saturated rings. The highest BCUT2D eigenvalue weighted by atomic mass is 32.1. The molecule has 0 saturated carbocycles. The van der Waals surface area contributed by atoms with Gasteiger partial charge in [-0.2, -0.15) is 11.3 Å². The minimum Gasteiger partial charge on any atom is -0.478 e. The summed E-state index contributed by atoms with van der Waals surface area (Å²) in [5.74, 6) is -1.01. The fourth-order valence-corrected chi connectivity index (χ4v) is 1.60. The number of carbonyl (C=O) groups is 1. The number of carboxylic acid groups (broad SMARTS) is 1. The van der Waals surface area contributed by atoms with Crippen molar-refractivity contribution in [3.05, 3.63) is 34.7 Å². The number of thiophene rings is 1. The van der Waals surface area contributed by atoms with Crippen LogP contribution in [0.3, 0.4) is 0 Å². The number of aliphatic carboxylic acids is 1. The number of aliphatic hydroxyl groups excluding tert-OH is 1. The average molecular weight is 213 g/mol. The molecule has 0 spiro atoms. The Balaban J connectivity index is 2.29. The summed E-state index contributed by atoms with van der Waals surface area (Å²) in [4.78, 5) is 10.1. The smallest absolute Gasteiger partial charge is 0.329 e. The molecule has 1 heterocycles. The highest BCUT2D eigenvalue weighted by Crippen LogP contribution is 2.14. The molecule has 1 rings (SSSR count). The summed E-state index contributed by atoms with van der Waals surface area (Å²) in [5.41, 5.74) is 0.839. The van der Waals surface area contributed by atoms with Gasteiger partial charge in [-0.1, -0.05) is 0 Å². The molecule has 0 aliphatic heterocycles. The molecule has 0 aliphatic carbocycles. The third kappa shape index (κ3) is 3.59. The largest absolute Gasteiger partial charge is 0.478 e. The van der Waals surface area contributed by atoms with Crippen LogP contribution in [0.25, 0.3) is 0 Å². The van der Waals surface area contributed by atoms with Crippen LogP contribution in [-0.4, -0.2) is 22.7 Å². The van der Waals surface area contributed by atoms with E-state index in [4.69, 9.17) is 5.11 Å². The summed E-state index contributed by atoms with van der Waals surface area (Å²) in [5, 5.41) is 24.2. The molecule has 4 nitrogen and oxygen atoms in total. The fraction of sp³-hybridized carbons (Fsp3) is 0.222. The van der Waals surface area contributed by atoms with Crippen molar-refractivity contribution >= 4 is 17.3 Å². The number of carboxylic acids is 1. The predicted octanol–water partition coefficient (Wildman–Crippen LogP) is 0.969. The number of rotatable bonds is 5. The molecule has 0 aromatic carbocycles. The molecule has 1 aromatic rings. The number of hydrogen-bond acceptors (Lipinski definition) is 4. The second-order valence-corrected chi connectivity index (χ2v) is 3.43. The molecule has 0 radical (unpaired) electrons. The zero-order valence-electron chi connectivity index (χ0n) is 7.38. The number of nitrogens with one attached hydrogen (secondary N) is 1. The lowest BCUT2D eigenvalue weighted by molar-refractivity contribution is -0.131. The maximum Gasteiger partial charge on any atom is 0.329 e. The van der Waals surface area contributed by atoms with Crippen molar-refractivity contribution in [3.63, 3.8) is 0 Å². The van der Waals surface area contributed by atoms with Crippen LogP contribution in [0.4, 0.5) is 0 Å². The molecule has 76 valence electrons. The fourth-order valence-electron chi connectivity index (χ4n) is 0.892. The molecule has 5 heteroatoms. The summed E-state index contributed by atoms with van der Waals surface area (Å²) in [6.45, 7) is 0.306. The van der Waals surface area contributed by atoms with E-state index in [1.165, 1.54) is 17.5 Å². The van der Waals surface area contributed by atoms with E-state index in [9.17, 15) is 9.90 Å². The molecule has 14 heavy (non-hydrogen) atoms. The molecular formula is C9H11NO3S.